The summed E-state index contributed by atoms with van der Waals surface area (Å²) in [7, 11) is 0. The van der Waals surface area contributed by atoms with Gasteiger partial charge in [0.2, 0.25) is 0 Å². The van der Waals surface area contributed by atoms with Crippen LogP contribution in [0.4, 0.5) is 4.39 Å². The lowest BCUT2D eigenvalue weighted by molar-refractivity contribution is -0.153. The maximum atomic E-state index is 13.5. The first kappa shape index (κ1) is 19.9. The van der Waals surface area contributed by atoms with Crippen molar-refractivity contribution in [2.24, 2.45) is 0 Å². The Kier molecular flexibility index (Phi) is 5.40. The van der Waals surface area contributed by atoms with Crippen LogP contribution in [0.25, 0.3) is 11.0 Å². The van der Waals surface area contributed by atoms with E-state index in [1.807, 2.05) is 39.1 Å². The molecule has 0 fully saturated rings. The number of nitrogens with zero attached hydrogens (tertiary/aromatic N) is 1. The number of carboxylic acids is 1. The number of rotatable bonds is 6. The first-order valence-electron chi connectivity index (χ1n) is 9.29. The molecule has 0 bridgehead atoms. The highest BCUT2D eigenvalue weighted by molar-refractivity contribution is 5.79. The molecular weight excluding hydrogens is 359 g/mol. The van der Waals surface area contributed by atoms with Gasteiger partial charge >= 0.3 is 12.3 Å². The Morgan fingerprint density at radius 1 is 1.25 bits per heavy atom. The van der Waals surface area contributed by atoms with Gasteiger partial charge in [-0.3, -0.25) is 4.98 Å². The van der Waals surface area contributed by atoms with Crippen LogP contribution >= 0.6 is 0 Å². The Morgan fingerprint density at radius 2 is 1.96 bits per heavy atom. The third kappa shape index (κ3) is 3.72. The van der Waals surface area contributed by atoms with Crippen LogP contribution in [0.15, 0.2) is 24.4 Å². The fraction of sp³-hybridized carbons (Fsp3) is 0.364. The number of hydrogen-bond donors (Lipinski definition) is 2. The first-order valence-corrected chi connectivity index (χ1v) is 9.29. The molecule has 0 amide bonds. The van der Waals surface area contributed by atoms with Crippen molar-refractivity contribution in [3.63, 3.8) is 0 Å². The number of H-pyrrole nitrogens is 1. The summed E-state index contributed by atoms with van der Waals surface area (Å²) in [6.07, 6.45) is 0.264. The van der Waals surface area contributed by atoms with E-state index in [1.165, 1.54) is 5.56 Å². The van der Waals surface area contributed by atoms with Crippen LogP contribution in [-0.4, -0.2) is 27.4 Å². The maximum Gasteiger partial charge on any atom is 0.378 e. The van der Waals surface area contributed by atoms with Gasteiger partial charge in [-0.25, -0.2) is 4.79 Å². The third-order valence-corrected chi connectivity index (χ3v) is 5.22. The summed E-state index contributed by atoms with van der Waals surface area (Å²) >= 11 is 0. The number of aliphatic carboxylic acids is 1. The Hall–Kier alpha value is -2.89. The van der Waals surface area contributed by atoms with Crippen molar-refractivity contribution in [1.29, 1.82) is 0 Å². The van der Waals surface area contributed by atoms with Crippen molar-refractivity contribution < 1.29 is 19.0 Å². The summed E-state index contributed by atoms with van der Waals surface area (Å²) in [5.74, 6) is -1.00. The van der Waals surface area contributed by atoms with Gasteiger partial charge in [0.05, 0.1) is 11.0 Å². The van der Waals surface area contributed by atoms with Crippen molar-refractivity contribution in [1.82, 2.24) is 9.97 Å². The predicted molar refractivity (Wildman–Crippen MR) is 107 cm³/mol. The predicted octanol–water partition coefficient (Wildman–Crippen LogP) is 4.96. The van der Waals surface area contributed by atoms with E-state index in [4.69, 9.17) is 14.8 Å². The number of aryl methyl sites for hydroxylation is 1. The molecule has 3 aromatic rings. The zero-order chi connectivity index (χ0) is 20.6. The zero-order valence-electron chi connectivity index (χ0n) is 16.8. The Bertz CT molecular complexity index is 1040. The van der Waals surface area contributed by atoms with Crippen LogP contribution in [0.3, 0.4) is 0 Å². The van der Waals surface area contributed by atoms with Crippen molar-refractivity contribution in [3.05, 3.63) is 57.9 Å². The van der Waals surface area contributed by atoms with E-state index < -0.39 is 12.3 Å². The van der Waals surface area contributed by atoms with Crippen molar-refractivity contribution in [3.8, 4) is 5.75 Å². The monoisotopic (exact) mass is 384 g/mol. The molecule has 28 heavy (non-hydrogen) atoms. The van der Waals surface area contributed by atoms with Crippen LogP contribution in [0.2, 0.25) is 0 Å². The number of ether oxygens (including phenoxy) is 1. The van der Waals surface area contributed by atoms with Crippen molar-refractivity contribution >= 4 is 17.0 Å². The van der Waals surface area contributed by atoms with E-state index in [-0.39, 0.29) is 5.75 Å². The summed E-state index contributed by atoms with van der Waals surface area (Å²) in [6, 6.07) is 5.74. The number of carboxylic acid groups (broad SMARTS) is 1. The number of carbonyl (C=O) groups is 1. The second kappa shape index (κ2) is 7.62. The lowest BCUT2D eigenvalue weighted by Gasteiger charge is -2.18. The number of fused-ring (bicyclic) bond motifs is 1. The molecule has 0 aliphatic carbocycles. The summed E-state index contributed by atoms with van der Waals surface area (Å²) in [6.45, 7) is 9.94. The van der Waals surface area contributed by atoms with Gasteiger partial charge in [0.15, 0.2) is 0 Å². The molecule has 0 radical (unpaired) electrons. The molecule has 3 rings (SSSR count). The number of aromatic amines is 1. The topological polar surface area (TPSA) is 75.2 Å². The number of hydrogen-bond acceptors (Lipinski definition) is 3. The second-order valence-corrected chi connectivity index (χ2v) is 7.47. The molecule has 5 nitrogen and oxygen atoms in total. The minimum absolute atomic E-state index is 0.254. The van der Waals surface area contributed by atoms with Gasteiger partial charge in [0, 0.05) is 18.3 Å². The minimum atomic E-state index is -2.38. The van der Waals surface area contributed by atoms with Crippen LogP contribution < -0.4 is 4.74 Å². The van der Waals surface area contributed by atoms with Gasteiger partial charge in [-0.1, -0.05) is 13.8 Å². The average Bonchev–Trinajstić information content (AvgIpc) is 3.06. The standard InChI is InChI=1S/C22H25FN2O3/c1-11(2)17-10-24-18-7-6-15(25-20(17)18)9-16-12(3)8-19(14(5)13(16)4)28-21(23)22(26)27/h6-8,10-11,21,24H,9H2,1-5H3,(H,26,27). The Labute approximate surface area is 163 Å². The van der Waals surface area contributed by atoms with Gasteiger partial charge < -0.3 is 14.8 Å². The first-order chi connectivity index (χ1) is 13.2. The number of halogens is 1. The largest absolute Gasteiger partial charge is 0.476 e. The zero-order valence-corrected chi connectivity index (χ0v) is 16.8. The van der Waals surface area contributed by atoms with Crippen LogP contribution in [0.5, 0.6) is 5.75 Å². The second-order valence-electron chi connectivity index (χ2n) is 7.47. The number of benzene rings is 1. The van der Waals surface area contributed by atoms with E-state index in [0.29, 0.717) is 12.3 Å². The molecule has 0 saturated heterocycles. The highest BCUT2D eigenvalue weighted by atomic mass is 19.1. The number of pyridine rings is 1. The Balaban J connectivity index is 1.96. The van der Waals surface area contributed by atoms with Gasteiger partial charge in [0.25, 0.3) is 0 Å². The van der Waals surface area contributed by atoms with Crippen molar-refractivity contribution in [2.45, 2.75) is 53.3 Å². The van der Waals surface area contributed by atoms with Crippen LogP contribution in [0, 0.1) is 20.8 Å². The molecule has 0 spiro atoms. The quantitative estimate of drug-likeness (QED) is 0.630. The van der Waals surface area contributed by atoms with E-state index in [0.717, 1.165) is 39.0 Å². The molecule has 2 aromatic heterocycles. The molecule has 2 N–H and O–H groups in total. The van der Waals surface area contributed by atoms with E-state index in [1.54, 1.807) is 6.07 Å². The SMILES string of the molecule is Cc1cc(OC(F)C(=O)O)c(C)c(C)c1Cc1ccc2[nH]cc(C(C)C)c2n1. The van der Waals surface area contributed by atoms with E-state index >= 15 is 0 Å². The van der Waals surface area contributed by atoms with Gasteiger partial charge in [-0.05, 0) is 72.7 Å². The minimum Gasteiger partial charge on any atom is -0.476 e. The molecule has 148 valence electrons. The molecule has 0 aliphatic heterocycles. The number of alkyl halides is 1. The average molecular weight is 384 g/mol. The molecule has 1 aromatic carbocycles. The summed E-state index contributed by atoms with van der Waals surface area (Å²) in [5.41, 5.74) is 7.82. The molecule has 6 heteroatoms. The fourth-order valence-corrected chi connectivity index (χ4v) is 3.43. The molecule has 0 aliphatic rings. The highest BCUT2D eigenvalue weighted by Gasteiger charge is 2.21. The van der Waals surface area contributed by atoms with Crippen LogP contribution in [-0.2, 0) is 11.2 Å². The highest BCUT2D eigenvalue weighted by Crippen LogP contribution is 2.31. The maximum absolute atomic E-state index is 13.5. The molecule has 2 heterocycles. The number of nitrogens with one attached hydrogen (secondary N) is 1. The van der Waals surface area contributed by atoms with E-state index in [2.05, 4.69) is 18.8 Å². The fourth-order valence-electron chi connectivity index (χ4n) is 3.43. The normalized spacial score (nSPS) is 12.5. The summed E-state index contributed by atoms with van der Waals surface area (Å²) in [5, 5.41) is 8.74. The van der Waals surface area contributed by atoms with E-state index in [9.17, 15) is 9.18 Å². The molecular formula is C22H25FN2O3. The lowest BCUT2D eigenvalue weighted by Crippen LogP contribution is -2.22. The summed E-state index contributed by atoms with van der Waals surface area (Å²) in [4.78, 5) is 18.9. The molecule has 0 saturated carbocycles. The van der Waals surface area contributed by atoms with Gasteiger partial charge in [0.1, 0.15) is 5.75 Å². The van der Waals surface area contributed by atoms with Gasteiger partial charge in [-0.15, -0.1) is 0 Å². The van der Waals surface area contributed by atoms with Crippen LogP contribution in [0.1, 0.15) is 53.3 Å². The van der Waals surface area contributed by atoms with Crippen molar-refractivity contribution in [2.75, 3.05) is 0 Å². The lowest BCUT2D eigenvalue weighted by atomic mass is 9.94. The van der Waals surface area contributed by atoms with Gasteiger partial charge in [-0.2, -0.15) is 4.39 Å². The summed E-state index contributed by atoms with van der Waals surface area (Å²) < 4.78 is 18.5. The third-order valence-electron chi connectivity index (χ3n) is 5.22. The Morgan fingerprint density at radius 3 is 2.61 bits per heavy atom. The number of aromatic nitrogens is 2. The smallest absolute Gasteiger partial charge is 0.378 e. The molecule has 1 unspecified atom stereocenters. The molecule has 1 atom stereocenters.